The number of allylic oxidation sites excluding steroid dienone is 2. The SMILES string of the molecule is NN1c2ccccc2SC2C=CC=CC21. The van der Waals surface area contributed by atoms with E-state index in [0.29, 0.717) is 5.25 Å². The van der Waals surface area contributed by atoms with Crippen LogP contribution < -0.4 is 10.9 Å². The molecule has 0 saturated carbocycles. The molecule has 0 fully saturated rings. The van der Waals surface area contributed by atoms with Gasteiger partial charge in [-0.1, -0.05) is 36.4 Å². The third-order valence-electron chi connectivity index (χ3n) is 2.78. The number of nitrogens with two attached hydrogens (primary N) is 1. The molecule has 1 aromatic carbocycles. The molecule has 2 N–H and O–H groups in total. The zero-order valence-electron chi connectivity index (χ0n) is 8.21. The molecule has 3 heteroatoms. The summed E-state index contributed by atoms with van der Waals surface area (Å²) in [6, 6.07) is 8.58. The minimum atomic E-state index is 0.287. The van der Waals surface area contributed by atoms with Gasteiger partial charge in [0, 0.05) is 4.90 Å². The first-order valence-corrected chi connectivity index (χ1v) is 5.89. The lowest BCUT2D eigenvalue weighted by Crippen LogP contribution is -2.48. The van der Waals surface area contributed by atoms with E-state index in [1.54, 1.807) is 0 Å². The Labute approximate surface area is 93.4 Å². The molecule has 2 aliphatic rings. The fourth-order valence-electron chi connectivity index (χ4n) is 2.01. The summed E-state index contributed by atoms with van der Waals surface area (Å²) in [5.41, 5.74) is 1.13. The van der Waals surface area contributed by atoms with Crippen molar-refractivity contribution in [3.05, 3.63) is 48.6 Å². The van der Waals surface area contributed by atoms with Gasteiger partial charge >= 0.3 is 0 Å². The first-order valence-electron chi connectivity index (χ1n) is 5.01. The topological polar surface area (TPSA) is 29.3 Å². The molecule has 76 valence electrons. The van der Waals surface area contributed by atoms with Gasteiger partial charge in [0.15, 0.2) is 0 Å². The highest BCUT2D eigenvalue weighted by atomic mass is 32.2. The summed E-state index contributed by atoms with van der Waals surface area (Å²) < 4.78 is 0. The number of fused-ring (bicyclic) bond motifs is 2. The van der Waals surface area contributed by atoms with E-state index in [-0.39, 0.29) is 6.04 Å². The van der Waals surface area contributed by atoms with Crippen LogP contribution in [0, 0.1) is 0 Å². The quantitative estimate of drug-likeness (QED) is 0.675. The summed E-state index contributed by atoms with van der Waals surface area (Å²) >= 11 is 1.88. The van der Waals surface area contributed by atoms with Crippen LogP contribution in [0.25, 0.3) is 0 Å². The van der Waals surface area contributed by atoms with Crippen LogP contribution in [0.15, 0.2) is 53.5 Å². The van der Waals surface area contributed by atoms with Gasteiger partial charge in [-0.15, -0.1) is 11.8 Å². The van der Waals surface area contributed by atoms with Gasteiger partial charge in [-0.05, 0) is 12.1 Å². The van der Waals surface area contributed by atoms with Crippen LogP contribution in [0.5, 0.6) is 0 Å². The van der Waals surface area contributed by atoms with Gasteiger partial charge in [0.25, 0.3) is 0 Å². The third kappa shape index (κ3) is 1.39. The minimum Gasteiger partial charge on any atom is -0.302 e. The summed E-state index contributed by atoms with van der Waals surface area (Å²) in [5, 5.41) is 2.31. The lowest BCUT2D eigenvalue weighted by atomic mass is 10.1. The molecule has 0 radical (unpaired) electrons. The first kappa shape index (κ1) is 9.07. The van der Waals surface area contributed by atoms with Crippen molar-refractivity contribution in [2.75, 3.05) is 5.01 Å². The number of hydrogen-bond acceptors (Lipinski definition) is 3. The normalized spacial score (nSPS) is 27.4. The number of nitrogens with zero attached hydrogens (tertiary/aromatic N) is 1. The molecule has 0 bridgehead atoms. The Morgan fingerprint density at radius 3 is 2.87 bits per heavy atom. The first-order chi connectivity index (χ1) is 7.36. The number of rotatable bonds is 0. The highest BCUT2D eigenvalue weighted by Gasteiger charge is 2.30. The van der Waals surface area contributed by atoms with Crippen LogP contribution in [-0.4, -0.2) is 11.3 Å². The maximum Gasteiger partial charge on any atom is 0.0793 e. The van der Waals surface area contributed by atoms with Crippen molar-refractivity contribution in [2.45, 2.75) is 16.2 Å². The number of hydrogen-bond donors (Lipinski definition) is 1. The van der Waals surface area contributed by atoms with E-state index in [0.717, 1.165) is 5.69 Å². The summed E-state index contributed by atoms with van der Waals surface area (Å²) in [5.74, 6) is 6.14. The minimum absolute atomic E-state index is 0.287. The van der Waals surface area contributed by atoms with Crippen LogP contribution >= 0.6 is 11.8 Å². The van der Waals surface area contributed by atoms with E-state index in [1.807, 2.05) is 22.8 Å². The maximum atomic E-state index is 6.14. The summed E-state index contributed by atoms with van der Waals surface area (Å²) in [7, 11) is 0. The Morgan fingerprint density at radius 1 is 1.13 bits per heavy atom. The lowest BCUT2D eigenvalue weighted by molar-refractivity contribution is 0.706. The van der Waals surface area contributed by atoms with E-state index in [4.69, 9.17) is 5.84 Å². The summed E-state index contributed by atoms with van der Waals surface area (Å²) in [4.78, 5) is 1.27. The van der Waals surface area contributed by atoms with Crippen LogP contribution in [0.4, 0.5) is 5.69 Å². The number of anilines is 1. The molecule has 2 atom stereocenters. The van der Waals surface area contributed by atoms with Gasteiger partial charge in [0.05, 0.1) is 17.0 Å². The number of thioether (sulfide) groups is 1. The van der Waals surface area contributed by atoms with Gasteiger partial charge in [-0.2, -0.15) is 0 Å². The molecular formula is C12H12N2S. The van der Waals surface area contributed by atoms with Gasteiger partial charge in [0.2, 0.25) is 0 Å². The van der Waals surface area contributed by atoms with Crippen molar-refractivity contribution in [3.8, 4) is 0 Å². The van der Waals surface area contributed by atoms with Crippen molar-refractivity contribution in [1.29, 1.82) is 0 Å². The van der Waals surface area contributed by atoms with E-state index in [2.05, 4.69) is 42.5 Å². The molecule has 1 aromatic rings. The lowest BCUT2D eigenvalue weighted by Gasteiger charge is -2.38. The van der Waals surface area contributed by atoms with Crippen LogP contribution in [-0.2, 0) is 0 Å². The highest BCUT2D eigenvalue weighted by molar-refractivity contribution is 8.00. The number of benzene rings is 1. The molecule has 0 aromatic heterocycles. The summed E-state index contributed by atoms with van der Waals surface area (Å²) in [6.45, 7) is 0. The third-order valence-corrected chi connectivity index (χ3v) is 4.09. The molecule has 1 aliphatic heterocycles. The van der Waals surface area contributed by atoms with Crippen LogP contribution in [0.1, 0.15) is 0 Å². The highest BCUT2D eigenvalue weighted by Crippen LogP contribution is 2.41. The van der Waals surface area contributed by atoms with Gasteiger partial charge in [-0.25, -0.2) is 5.84 Å². The Kier molecular flexibility index (Phi) is 2.08. The molecule has 1 aliphatic carbocycles. The molecule has 2 unspecified atom stereocenters. The van der Waals surface area contributed by atoms with Crippen molar-refractivity contribution >= 4 is 17.4 Å². The molecule has 15 heavy (non-hydrogen) atoms. The predicted octanol–water partition coefficient (Wildman–Crippen LogP) is 2.34. The Morgan fingerprint density at radius 2 is 1.93 bits per heavy atom. The van der Waals surface area contributed by atoms with E-state index in [9.17, 15) is 0 Å². The average molecular weight is 216 g/mol. The van der Waals surface area contributed by atoms with Crippen molar-refractivity contribution in [1.82, 2.24) is 0 Å². The largest absolute Gasteiger partial charge is 0.302 e. The second-order valence-electron chi connectivity index (χ2n) is 3.72. The van der Waals surface area contributed by atoms with E-state index in [1.165, 1.54) is 4.90 Å². The number of hydrazine groups is 1. The standard InChI is InChI=1S/C12H12N2S/c13-14-9-5-1-3-7-11(9)15-12-8-4-2-6-10(12)14/h1-9,11H,13H2. The fourth-order valence-corrected chi connectivity index (χ4v) is 3.29. The molecule has 3 rings (SSSR count). The smallest absolute Gasteiger partial charge is 0.0793 e. The van der Waals surface area contributed by atoms with Crippen LogP contribution in [0.3, 0.4) is 0 Å². The Balaban J connectivity index is 2.07. The van der Waals surface area contributed by atoms with Gasteiger partial charge in [-0.3, -0.25) is 0 Å². The molecule has 2 nitrogen and oxygen atoms in total. The molecule has 0 amide bonds. The van der Waals surface area contributed by atoms with Crippen molar-refractivity contribution in [2.24, 2.45) is 5.84 Å². The zero-order valence-corrected chi connectivity index (χ0v) is 9.02. The van der Waals surface area contributed by atoms with E-state index >= 15 is 0 Å². The zero-order chi connectivity index (χ0) is 10.3. The second kappa shape index (κ2) is 3.43. The average Bonchev–Trinajstić information content (AvgIpc) is 2.30. The van der Waals surface area contributed by atoms with Gasteiger partial charge in [0.1, 0.15) is 0 Å². The molecule has 0 spiro atoms. The molecule has 1 heterocycles. The molecular weight excluding hydrogens is 204 g/mol. The predicted molar refractivity (Wildman–Crippen MR) is 64.8 cm³/mol. The maximum absolute atomic E-state index is 6.14. The van der Waals surface area contributed by atoms with Gasteiger partial charge < -0.3 is 5.01 Å². The van der Waals surface area contributed by atoms with Crippen molar-refractivity contribution in [3.63, 3.8) is 0 Å². The van der Waals surface area contributed by atoms with E-state index < -0.39 is 0 Å². The van der Waals surface area contributed by atoms with Crippen molar-refractivity contribution < 1.29 is 0 Å². The monoisotopic (exact) mass is 216 g/mol. The number of para-hydroxylation sites is 1. The summed E-state index contributed by atoms with van der Waals surface area (Å²) in [6.07, 6.45) is 8.53. The van der Waals surface area contributed by atoms with Crippen LogP contribution in [0.2, 0.25) is 0 Å². The second-order valence-corrected chi connectivity index (χ2v) is 4.94. The Bertz CT molecular complexity index is 439. The fraction of sp³-hybridized carbons (Fsp3) is 0.167. The molecule has 0 saturated heterocycles. The Hall–Kier alpha value is -1.19.